The van der Waals surface area contributed by atoms with E-state index in [0.717, 1.165) is 5.56 Å². The van der Waals surface area contributed by atoms with Crippen LogP contribution in [0.2, 0.25) is 0 Å². The van der Waals surface area contributed by atoms with Crippen LogP contribution in [0.3, 0.4) is 0 Å². The van der Waals surface area contributed by atoms with E-state index >= 15 is 0 Å². The van der Waals surface area contributed by atoms with Crippen LogP contribution in [0.25, 0.3) is 0 Å². The molecule has 1 aromatic carbocycles. The second-order valence-corrected chi connectivity index (χ2v) is 5.18. The molecule has 1 heterocycles. The van der Waals surface area contributed by atoms with Crippen molar-refractivity contribution >= 4 is 11.6 Å². The molecular formula is C15H22N2O4. The van der Waals surface area contributed by atoms with E-state index in [1.54, 1.807) is 7.11 Å². The van der Waals surface area contributed by atoms with Crippen molar-refractivity contribution in [3.63, 3.8) is 0 Å². The first-order chi connectivity index (χ1) is 10.1. The zero-order valence-electron chi connectivity index (χ0n) is 12.4. The number of carbonyl (C=O) groups excluding carboxylic acids is 1. The predicted molar refractivity (Wildman–Crippen MR) is 79.6 cm³/mol. The van der Waals surface area contributed by atoms with E-state index in [0.29, 0.717) is 37.6 Å². The van der Waals surface area contributed by atoms with Gasteiger partial charge in [-0.05, 0) is 31.0 Å². The molecule has 0 aliphatic carbocycles. The Morgan fingerprint density at radius 3 is 2.95 bits per heavy atom. The Labute approximate surface area is 124 Å². The lowest BCUT2D eigenvalue weighted by molar-refractivity contribution is -0.117. The highest BCUT2D eigenvalue weighted by molar-refractivity contribution is 5.96. The average Bonchev–Trinajstić information content (AvgIpc) is 2.88. The molecule has 6 nitrogen and oxygen atoms in total. The Morgan fingerprint density at radius 2 is 2.29 bits per heavy atom. The van der Waals surface area contributed by atoms with Gasteiger partial charge in [0.15, 0.2) is 0 Å². The van der Waals surface area contributed by atoms with E-state index < -0.39 is 6.10 Å². The summed E-state index contributed by atoms with van der Waals surface area (Å²) in [5, 5.41) is 15.3. The van der Waals surface area contributed by atoms with Gasteiger partial charge in [-0.25, -0.2) is 0 Å². The molecule has 0 aromatic heterocycles. The molecule has 0 saturated carbocycles. The van der Waals surface area contributed by atoms with Gasteiger partial charge in [0.1, 0.15) is 12.4 Å². The highest BCUT2D eigenvalue weighted by Gasteiger charge is 2.28. The number of anilines is 1. The van der Waals surface area contributed by atoms with Crippen molar-refractivity contribution in [2.75, 3.05) is 32.2 Å². The van der Waals surface area contributed by atoms with Crippen LogP contribution in [-0.4, -0.2) is 50.0 Å². The Hall–Kier alpha value is -1.63. The van der Waals surface area contributed by atoms with Gasteiger partial charge in [-0.3, -0.25) is 4.79 Å². The quantitative estimate of drug-likeness (QED) is 0.672. The number of aliphatic hydroxyl groups is 1. The number of β-amino-alcohol motifs (C(OH)–C–C–N with tert-alkyl or cyclic N) is 1. The molecule has 1 saturated heterocycles. The van der Waals surface area contributed by atoms with Gasteiger partial charge in [0.2, 0.25) is 5.91 Å². The molecular weight excluding hydrogens is 272 g/mol. The number of nitrogens with one attached hydrogen (secondary N) is 2. The molecule has 1 aromatic rings. The first-order valence-electron chi connectivity index (χ1n) is 7.05. The maximum Gasteiger partial charge on any atom is 0.241 e. The summed E-state index contributed by atoms with van der Waals surface area (Å²) in [6.45, 7) is 3.31. The molecule has 2 unspecified atom stereocenters. The molecule has 0 spiro atoms. The van der Waals surface area contributed by atoms with E-state index in [4.69, 9.17) is 9.47 Å². The number of aryl methyl sites for hydroxylation is 1. The van der Waals surface area contributed by atoms with Gasteiger partial charge in [0.05, 0.1) is 24.4 Å². The predicted octanol–water partition coefficient (Wildman–Crippen LogP) is 0.682. The monoisotopic (exact) mass is 294 g/mol. The van der Waals surface area contributed by atoms with E-state index in [1.165, 1.54) is 0 Å². The molecule has 21 heavy (non-hydrogen) atoms. The number of methoxy groups -OCH3 is 1. The molecule has 1 aliphatic rings. The third kappa shape index (κ3) is 4.42. The number of carbonyl (C=O) groups is 1. The number of rotatable bonds is 6. The Bertz CT molecular complexity index is 493. The summed E-state index contributed by atoms with van der Waals surface area (Å²) in [6.07, 6.45) is -0.0337. The van der Waals surface area contributed by atoms with Crippen molar-refractivity contribution in [1.82, 2.24) is 5.32 Å². The molecule has 1 amide bonds. The van der Waals surface area contributed by atoms with Gasteiger partial charge < -0.3 is 25.2 Å². The first-order valence-corrected chi connectivity index (χ1v) is 7.05. The van der Waals surface area contributed by atoms with Gasteiger partial charge >= 0.3 is 0 Å². The molecule has 6 heteroatoms. The topological polar surface area (TPSA) is 79.8 Å². The van der Waals surface area contributed by atoms with Crippen LogP contribution in [0.1, 0.15) is 12.0 Å². The Morgan fingerprint density at radius 1 is 1.48 bits per heavy atom. The number of aliphatic hydroxyl groups excluding tert-OH is 1. The fraction of sp³-hybridized carbons (Fsp3) is 0.533. The maximum absolute atomic E-state index is 12.2. The summed E-state index contributed by atoms with van der Waals surface area (Å²) in [4.78, 5) is 12.2. The average molecular weight is 294 g/mol. The summed E-state index contributed by atoms with van der Waals surface area (Å²) >= 11 is 0. The number of benzene rings is 1. The minimum Gasteiger partial charge on any atom is -0.489 e. The summed E-state index contributed by atoms with van der Waals surface area (Å²) < 4.78 is 10.6. The summed E-state index contributed by atoms with van der Waals surface area (Å²) in [7, 11) is 1.61. The molecule has 3 N–H and O–H groups in total. The van der Waals surface area contributed by atoms with Gasteiger partial charge in [-0.1, -0.05) is 6.07 Å². The minimum absolute atomic E-state index is 0.160. The molecule has 2 rings (SSSR count). The second-order valence-electron chi connectivity index (χ2n) is 5.18. The SMILES string of the molecule is COCCOc1cc(C)ccc1NC(=O)C1CC(O)CN1. The van der Waals surface area contributed by atoms with Crippen LogP contribution >= 0.6 is 0 Å². The van der Waals surface area contributed by atoms with Crippen LogP contribution in [0, 0.1) is 6.92 Å². The van der Waals surface area contributed by atoms with Crippen molar-refractivity contribution in [1.29, 1.82) is 0 Å². The zero-order chi connectivity index (χ0) is 15.2. The van der Waals surface area contributed by atoms with E-state index in [9.17, 15) is 9.90 Å². The molecule has 1 aliphatic heterocycles. The summed E-state index contributed by atoms with van der Waals surface area (Å²) in [6, 6.07) is 5.24. The summed E-state index contributed by atoms with van der Waals surface area (Å²) in [5.74, 6) is 0.464. The van der Waals surface area contributed by atoms with Crippen molar-refractivity contribution < 1.29 is 19.4 Å². The highest BCUT2D eigenvalue weighted by atomic mass is 16.5. The van der Waals surface area contributed by atoms with Crippen molar-refractivity contribution in [2.45, 2.75) is 25.5 Å². The largest absolute Gasteiger partial charge is 0.489 e. The molecule has 116 valence electrons. The van der Waals surface area contributed by atoms with E-state index in [-0.39, 0.29) is 11.9 Å². The summed E-state index contributed by atoms with van der Waals surface area (Å²) in [5.41, 5.74) is 1.68. The van der Waals surface area contributed by atoms with Crippen LogP contribution < -0.4 is 15.4 Å². The zero-order valence-corrected chi connectivity index (χ0v) is 12.4. The second kappa shape index (κ2) is 7.40. The van der Waals surface area contributed by atoms with Crippen LogP contribution in [0.4, 0.5) is 5.69 Å². The maximum atomic E-state index is 12.2. The van der Waals surface area contributed by atoms with Crippen LogP contribution in [0.5, 0.6) is 5.75 Å². The molecule has 0 bridgehead atoms. The number of hydrogen-bond acceptors (Lipinski definition) is 5. The Kier molecular flexibility index (Phi) is 5.55. The fourth-order valence-corrected chi connectivity index (χ4v) is 2.22. The van der Waals surface area contributed by atoms with E-state index in [2.05, 4.69) is 10.6 Å². The smallest absolute Gasteiger partial charge is 0.241 e. The van der Waals surface area contributed by atoms with Crippen LogP contribution in [0.15, 0.2) is 18.2 Å². The number of amides is 1. The molecule has 2 atom stereocenters. The van der Waals surface area contributed by atoms with Gasteiger partial charge in [-0.2, -0.15) is 0 Å². The molecule has 1 fully saturated rings. The first kappa shape index (κ1) is 15.8. The Balaban J connectivity index is 2.02. The number of hydrogen-bond donors (Lipinski definition) is 3. The van der Waals surface area contributed by atoms with Crippen molar-refractivity contribution in [2.24, 2.45) is 0 Å². The highest BCUT2D eigenvalue weighted by Crippen LogP contribution is 2.26. The third-order valence-electron chi connectivity index (χ3n) is 3.36. The van der Waals surface area contributed by atoms with Crippen molar-refractivity contribution in [3.8, 4) is 5.75 Å². The number of ether oxygens (including phenoxy) is 2. The normalized spacial score (nSPS) is 21.3. The lowest BCUT2D eigenvalue weighted by Crippen LogP contribution is -2.35. The van der Waals surface area contributed by atoms with E-state index in [1.807, 2.05) is 25.1 Å². The van der Waals surface area contributed by atoms with Crippen molar-refractivity contribution in [3.05, 3.63) is 23.8 Å². The lowest BCUT2D eigenvalue weighted by Gasteiger charge is -2.15. The minimum atomic E-state index is -0.462. The van der Waals surface area contributed by atoms with Gasteiger partial charge in [0, 0.05) is 13.7 Å². The lowest BCUT2D eigenvalue weighted by atomic mass is 10.1. The van der Waals surface area contributed by atoms with Crippen LogP contribution in [-0.2, 0) is 9.53 Å². The van der Waals surface area contributed by atoms with Gasteiger partial charge in [-0.15, -0.1) is 0 Å². The fourth-order valence-electron chi connectivity index (χ4n) is 2.22. The third-order valence-corrected chi connectivity index (χ3v) is 3.36. The van der Waals surface area contributed by atoms with Gasteiger partial charge in [0.25, 0.3) is 0 Å². The molecule has 0 radical (unpaired) electrons. The standard InChI is InChI=1S/C15H22N2O4/c1-10-3-4-12(14(7-10)21-6-5-20-2)17-15(19)13-8-11(18)9-16-13/h3-4,7,11,13,16,18H,5-6,8-9H2,1-2H3,(H,17,19).